The van der Waals surface area contributed by atoms with Gasteiger partial charge in [-0.1, -0.05) is 39.1 Å². The average molecular weight is 382 g/mol. The van der Waals surface area contributed by atoms with Gasteiger partial charge in [0.05, 0.1) is 5.02 Å². The maximum absolute atomic E-state index is 13.9. The molecule has 0 aliphatic rings. The Morgan fingerprint density at radius 1 is 1.00 bits per heavy atom. The molecule has 1 atom stereocenters. The van der Waals surface area contributed by atoms with E-state index in [2.05, 4.69) is 15.9 Å². The summed E-state index contributed by atoms with van der Waals surface area (Å²) in [6, 6.07) is 6.30. The molecule has 0 spiro atoms. The Morgan fingerprint density at radius 3 is 2.30 bits per heavy atom. The third kappa shape index (κ3) is 2.84. The van der Waals surface area contributed by atoms with Crippen LogP contribution < -0.4 is 0 Å². The van der Waals surface area contributed by atoms with Gasteiger partial charge in [-0.3, -0.25) is 0 Å². The standard InChI is InChI=1S/C14H9BrCl2F2O/c1-14(20,9-4-7(15)2-3-12(9)18)8-5-13(19)11(17)6-10(8)16/h2-6,20H,1H3. The van der Waals surface area contributed by atoms with Crippen LogP contribution in [0.15, 0.2) is 34.8 Å². The van der Waals surface area contributed by atoms with Crippen molar-refractivity contribution in [2.24, 2.45) is 0 Å². The zero-order valence-corrected chi connectivity index (χ0v) is 13.3. The van der Waals surface area contributed by atoms with Gasteiger partial charge in [-0.05, 0) is 37.3 Å². The summed E-state index contributed by atoms with van der Waals surface area (Å²) in [5.41, 5.74) is -1.77. The van der Waals surface area contributed by atoms with E-state index in [-0.39, 0.29) is 21.2 Å². The highest BCUT2D eigenvalue weighted by molar-refractivity contribution is 9.10. The van der Waals surface area contributed by atoms with Crippen LogP contribution >= 0.6 is 39.1 Å². The monoisotopic (exact) mass is 380 g/mol. The molecule has 0 bridgehead atoms. The first-order valence-electron chi connectivity index (χ1n) is 5.56. The molecular formula is C14H9BrCl2F2O. The maximum atomic E-state index is 13.9. The molecule has 0 saturated carbocycles. The lowest BCUT2D eigenvalue weighted by molar-refractivity contribution is 0.0976. The first kappa shape index (κ1) is 15.7. The minimum absolute atomic E-state index is 0.0181. The summed E-state index contributed by atoms with van der Waals surface area (Å²) in [5, 5.41) is 10.5. The van der Waals surface area contributed by atoms with Crippen molar-refractivity contribution in [1.82, 2.24) is 0 Å². The predicted molar refractivity (Wildman–Crippen MR) is 79.2 cm³/mol. The van der Waals surface area contributed by atoms with Crippen molar-refractivity contribution in [2.75, 3.05) is 0 Å². The second-order valence-electron chi connectivity index (χ2n) is 4.44. The van der Waals surface area contributed by atoms with Crippen LogP contribution in [0.1, 0.15) is 18.1 Å². The van der Waals surface area contributed by atoms with Crippen molar-refractivity contribution < 1.29 is 13.9 Å². The quantitative estimate of drug-likeness (QED) is 0.700. The predicted octanol–water partition coefficient (Wildman–Crippen LogP) is 5.29. The molecule has 0 fully saturated rings. The molecule has 106 valence electrons. The van der Waals surface area contributed by atoms with Crippen LogP contribution in [0.3, 0.4) is 0 Å². The van der Waals surface area contributed by atoms with E-state index in [1.54, 1.807) is 0 Å². The van der Waals surface area contributed by atoms with E-state index in [4.69, 9.17) is 23.2 Å². The number of hydrogen-bond donors (Lipinski definition) is 1. The van der Waals surface area contributed by atoms with Crippen molar-refractivity contribution in [3.63, 3.8) is 0 Å². The molecule has 0 aromatic heterocycles. The molecule has 2 aromatic rings. The topological polar surface area (TPSA) is 20.2 Å². The molecule has 0 heterocycles. The van der Waals surface area contributed by atoms with Gasteiger partial charge in [-0.25, -0.2) is 8.78 Å². The van der Waals surface area contributed by atoms with Gasteiger partial charge < -0.3 is 5.11 Å². The van der Waals surface area contributed by atoms with E-state index < -0.39 is 17.2 Å². The Hall–Kier alpha value is -0.680. The van der Waals surface area contributed by atoms with Crippen molar-refractivity contribution >= 4 is 39.1 Å². The van der Waals surface area contributed by atoms with Crippen LogP contribution in [0.2, 0.25) is 10.0 Å². The first-order chi connectivity index (χ1) is 9.23. The lowest BCUT2D eigenvalue weighted by Crippen LogP contribution is -2.25. The Labute approximate surface area is 133 Å². The fraction of sp³-hybridized carbons (Fsp3) is 0.143. The molecule has 0 aliphatic heterocycles. The molecule has 0 aliphatic carbocycles. The second kappa shape index (κ2) is 5.60. The second-order valence-corrected chi connectivity index (χ2v) is 6.17. The van der Waals surface area contributed by atoms with E-state index in [0.29, 0.717) is 4.47 Å². The van der Waals surface area contributed by atoms with Crippen molar-refractivity contribution in [1.29, 1.82) is 0 Å². The minimum atomic E-state index is -1.80. The molecule has 20 heavy (non-hydrogen) atoms. The molecule has 1 nitrogen and oxygen atoms in total. The fourth-order valence-corrected chi connectivity index (χ4v) is 2.84. The zero-order chi connectivity index (χ0) is 15.1. The smallest absolute Gasteiger partial charge is 0.142 e. The highest BCUT2D eigenvalue weighted by Gasteiger charge is 2.32. The summed E-state index contributed by atoms with van der Waals surface area (Å²) < 4.78 is 28.1. The van der Waals surface area contributed by atoms with E-state index >= 15 is 0 Å². The third-order valence-corrected chi connectivity index (χ3v) is 4.08. The number of hydrogen-bond acceptors (Lipinski definition) is 1. The van der Waals surface area contributed by atoms with Crippen molar-refractivity contribution in [3.05, 3.63) is 67.6 Å². The van der Waals surface area contributed by atoms with Crippen LogP contribution in [-0.4, -0.2) is 5.11 Å². The summed E-state index contributed by atoms with van der Waals surface area (Å²) in [6.45, 7) is 1.34. The van der Waals surface area contributed by atoms with E-state index in [0.717, 1.165) is 6.07 Å². The molecule has 0 amide bonds. The highest BCUT2D eigenvalue weighted by Crippen LogP contribution is 2.38. The molecule has 2 aromatic carbocycles. The molecule has 6 heteroatoms. The average Bonchev–Trinajstić information content (AvgIpc) is 2.36. The van der Waals surface area contributed by atoms with Gasteiger partial charge in [-0.2, -0.15) is 0 Å². The lowest BCUT2D eigenvalue weighted by Gasteiger charge is -2.26. The van der Waals surface area contributed by atoms with Crippen LogP contribution in [-0.2, 0) is 5.60 Å². The summed E-state index contributed by atoms with van der Waals surface area (Å²) in [4.78, 5) is 0. The van der Waals surface area contributed by atoms with Crippen LogP contribution in [0.4, 0.5) is 8.78 Å². The van der Waals surface area contributed by atoms with Gasteiger partial charge in [0.1, 0.15) is 17.2 Å². The SMILES string of the molecule is CC(O)(c1cc(Br)ccc1F)c1cc(F)c(Cl)cc1Cl. The van der Waals surface area contributed by atoms with Crippen LogP contribution in [0, 0.1) is 11.6 Å². The fourth-order valence-electron chi connectivity index (χ4n) is 1.91. The number of rotatable bonds is 2. The highest BCUT2D eigenvalue weighted by atomic mass is 79.9. The molecule has 0 saturated heterocycles. The van der Waals surface area contributed by atoms with Gasteiger partial charge >= 0.3 is 0 Å². The Balaban J connectivity index is 2.66. The summed E-state index contributed by atoms with van der Waals surface area (Å²) in [5.74, 6) is -1.36. The molecule has 0 radical (unpaired) electrons. The van der Waals surface area contributed by atoms with E-state index in [9.17, 15) is 13.9 Å². The Kier molecular flexibility index (Phi) is 4.40. The van der Waals surface area contributed by atoms with Gasteiger partial charge in [0.15, 0.2) is 0 Å². The Bertz CT molecular complexity index is 674. The maximum Gasteiger partial charge on any atom is 0.142 e. The minimum Gasteiger partial charge on any atom is -0.381 e. The molecular weight excluding hydrogens is 373 g/mol. The van der Waals surface area contributed by atoms with Crippen LogP contribution in [0.5, 0.6) is 0 Å². The normalized spacial score (nSPS) is 14.2. The largest absolute Gasteiger partial charge is 0.381 e. The van der Waals surface area contributed by atoms with E-state index in [1.165, 1.54) is 31.2 Å². The first-order valence-corrected chi connectivity index (χ1v) is 7.11. The Morgan fingerprint density at radius 2 is 1.65 bits per heavy atom. The summed E-state index contributed by atoms with van der Waals surface area (Å²) >= 11 is 14.8. The van der Waals surface area contributed by atoms with E-state index in [1.807, 2.05) is 0 Å². The van der Waals surface area contributed by atoms with Gasteiger partial charge in [0.25, 0.3) is 0 Å². The number of benzene rings is 2. The van der Waals surface area contributed by atoms with Gasteiger partial charge in [0.2, 0.25) is 0 Å². The summed E-state index contributed by atoms with van der Waals surface area (Å²) in [7, 11) is 0. The summed E-state index contributed by atoms with van der Waals surface area (Å²) in [6.07, 6.45) is 0. The van der Waals surface area contributed by atoms with Crippen molar-refractivity contribution in [3.8, 4) is 0 Å². The molecule has 1 unspecified atom stereocenters. The third-order valence-electron chi connectivity index (χ3n) is 2.99. The molecule has 2 rings (SSSR count). The van der Waals surface area contributed by atoms with Crippen LogP contribution in [0.25, 0.3) is 0 Å². The zero-order valence-electron chi connectivity index (χ0n) is 10.2. The number of halogens is 5. The number of aliphatic hydroxyl groups is 1. The van der Waals surface area contributed by atoms with Crippen molar-refractivity contribution in [2.45, 2.75) is 12.5 Å². The molecule has 1 N–H and O–H groups in total. The van der Waals surface area contributed by atoms with Gasteiger partial charge in [-0.15, -0.1) is 0 Å². The van der Waals surface area contributed by atoms with Gasteiger partial charge in [0, 0.05) is 20.6 Å². The lowest BCUT2D eigenvalue weighted by atomic mass is 9.88.